The van der Waals surface area contributed by atoms with Gasteiger partial charge in [-0.2, -0.15) is 5.06 Å². The number of carbonyl (C=O) groups excluding carboxylic acids is 2. The van der Waals surface area contributed by atoms with Gasteiger partial charge < -0.3 is 10.2 Å². The molecule has 1 aliphatic rings. The number of benzene rings is 3. The number of para-hydroxylation sites is 2. The molecule has 4 rings (SSSR count). The zero-order chi connectivity index (χ0) is 22.7. The summed E-state index contributed by atoms with van der Waals surface area (Å²) in [6, 6.07) is 26.6. The molecule has 0 bridgehead atoms. The molecule has 1 fully saturated rings. The van der Waals surface area contributed by atoms with Gasteiger partial charge in [0, 0.05) is 17.9 Å². The van der Waals surface area contributed by atoms with Crippen molar-refractivity contribution >= 4 is 23.4 Å². The summed E-state index contributed by atoms with van der Waals surface area (Å²) in [5.74, 6) is 0. The predicted molar refractivity (Wildman–Crippen MR) is 123 cm³/mol. The molecule has 0 radical (unpaired) electrons. The number of hydrogen-bond donors (Lipinski definition) is 2. The van der Waals surface area contributed by atoms with Gasteiger partial charge in [0.05, 0.1) is 5.54 Å². The maximum Gasteiger partial charge on any atom is 0.347 e. The van der Waals surface area contributed by atoms with Crippen LogP contribution in [0.4, 0.5) is 21.0 Å². The number of hydrogen-bond acceptors (Lipinski definition) is 3. The predicted octanol–water partition coefficient (Wildman–Crippen LogP) is 5.16. The molecule has 4 amide bonds. The Hall–Kier alpha value is -3.84. The normalized spacial score (nSPS) is 17.3. The van der Waals surface area contributed by atoms with Crippen molar-refractivity contribution in [2.24, 2.45) is 0 Å². The minimum atomic E-state index is -0.954. The standard InChI is InChI=1S/C25H26N4O3/c1-25(2)22(29(32)23(30)26-20-14-8-4-9-15-20)28(21-16-10-5-11-17-21)24(31)27(25)18-19-12-6-3-7-13-19/h3-17,22,32H,18H2,1-2H3,(H,26,30)/t22-/m0/s1. The molecular formula is C25H26N4O3. The maximum absolute atomic E-state index is 13.6. The summed E-state index contributed by atoms with van der Waals surface area (Å²) in [4.78, 5) is 29.7. The van der Waals surface area contributed by atoms with Gasteiger partial charge in [0.1, 0.15) is 0 Å². The molecular weight excluding hydrogens is 404 g/mol. The Labute approximate surface area is 187 Å². The molecule has 0 unspecified atom stereocenters. The fraction of sp³-hybridized carbons (Fsp3) is 0.200. The average molecular weight is 431 g/mol. The van der Waals surface area contributed by atoms with E-state index in [0.717, 1.165) is 5.56 Å². The molecule has 7 heteroatoms. The van der Waals surface area contributed by atoms with E-state index >= 15 is 0 Å². The first-order chi connectivity index (χ1) is 15.4. The third-order valence-corrected chi connectivity index (χ3v) is 5.69. The first-order valence-corrected chi connectivity index (χ1v) is 10.4. The van der Waals surface area contributed by atoms with E-state index in [4.69, 9.17) is 0 Å². The number of carbonyl (C=O) groups is 2. The van der Waals surface area contributed by atoms with Crippen LogP contribution in [0.25, 0.3) is 0 Å². The summed E-state index contributed by atoms with van der Waals surface area (Å²) in [6.45, 7) is 4.04. The molecule has 0 aliphatic carbocycles. The molecule has 1 atom stereocenters. The van der Waals surface area contributed by atoms with Crippen molar-refractivity contribution in [3.8, 4) is 0 Å². The summed E-state index contributed by atoms with van der Waals surface area (Å²) in [6.07, 6.45) is -0.954. The van der Waals surface area contributed by atoms with Gasteiger partial charge >= 0.3 is 12.1 Å². The number of nitrogens with one attached hydrogen (secondary N) is 1. The smallest absolute Gasteiger partial charge is 0.311 e. The van der Waals surface area contributed by atoms with Crippen LogP contribution >= 0.6 is 0 Å². The SMILES string of the molecule is CC1(C)[C@H](N(O)C(=O)Nc2ccccc2)N(c2ccccc2)C(=O)N1Cc1ccccc1. The van der Waals surface area contributed by atoms with Crippen LogP contribution in [-0.4, -0.2) is 38.9 Å². The molecule has 3 aromatic rings. The molecule has 0 spiro atoms. The lowest BCUT2D eigenvalue weighted by molar-refractivity contribution is -0.0954. The lowest BCUT2D eigenvalue weighted by Gasteiger charge is -2.38. The minimum Gasteiger partial charge on any atom is -0.311 e. The molecule has 0 aromatic heterocycles. The van der Waals surface area contributed by atoms with Crippen LogP contribution in [0.15, 0.2) is 91.0 Å². The lowest BCUT2D eigenvalue weighted by atomic mass is 9.99. The van der Waals surface area contributed by atoms with Gasteiger partial charge in [-0.25, -0.2) is 9.59 Å². The Morgan fingerprint density at radius 2 is 1.47 bits per heavy atom. The fourth-order valence-electron chi connectivity index (χ4n) is 4.04. The van der Waals surface area contributed by atoms with Gasteiger partial charge in [-0.3, -0.25) is 10.1 Å². The van der Waals surface area contributed by atoms with E-state index < -0.39 is 17.7 Å². The van der Waals surface area contributed by atoms with Crippen molar-refractivity contribution < 1.29 is 14.8 Å². The highest BCUT2D eigenvalue weighted by Gasteiger charge is 2.56. The lowest BCUT2D eigenvalue weighted by Crippen LogP contribution is -2.58. The molecule has 2 N–H and O–H groups in total. The summed E-state index contributed by atoms with van der Waals surface area (Å²) >= 11 is 0. The highest BCUT2D eigenvalue weighted by atomic mass is 16.5. The maximum atomic E-state index is 13.6. The van der Waals surface area contributed by atoms with E-state index in [1.54, 1.807) is 41.3 Å². The first-order valence-electron chi connectivity index (χ1n) is 10.4. The largest absolute Gasteiger partial charge is 0.347 e. The summed E-state index contributed by atoms with van der Waals surface area (Å²) in [5.41, 5.74) is 1.20. The van der Waals surface area contributed by atoms with Crippen molar-refractivity contribution in [1.29, 1.82) is 0 Å². The van der Waals surface area contributed by atoms with Crippen LogP contribution in [0.3, 0.4) is 0 Å². The number of anilines is 2. The first kappa shape index (κ1) is 21.4. The second-order valence-corrected chi connectivity index (χ2v) is 8.23. The Morgan fingerprint density at radius 3 is 2.06 bits per heavy atom. The van der Waals surface area contributed by atoms with E-state index in [0.29, 0.717) is 23.0 Å². The number of rotatable bonds is 5. The van der Waals surface area contributed by atoms with Crippen LogP contribution in [0.1, 0.15) is 19.4 Å². The van der Waals surface area contributed by atoms with Crippen molar-refractivity contribution in [1.82, 2.24) is 9.96 Å². The van der Waals surface area contributed by atoms with E-state index in [-0.39, 0.29) is 6.03 Å². The van der Waals surface area contributed by atoms with Crippen LogP contribution in [0.2, 0.25) is 0 Å². The number of amides is 4. The number of hydroxylamine groups is 2. The van der Waals surface area contributed by atoms with Crippen LogP contribution < -0.4 is 10.2 Å². The topological polar surface area (TPSA) is 76.1 Å². The van der Waals surface area contributed by atoms with E-state index in [9.17, 15) is 14.8 Å². The van der Waals surface area contributed by atoms with Crippen molar-refractivity contribution in [2.75, 3.05) is 10.2 Å². The summed E-state index contributed by atoms with van der Waals surface area (Å²) in [5, 5.41) is 14.4. The molecule has 1 heterocycles. The fourth-order valence-corrected chi connectivity index (χ4v) is 4.04. The molecule has 0 saturated carbocycles. The highest BCUT2D eigenvalue weighted by molar-refractivity contribution is 5.98. The molecule has 32 heavy (non-hydrogen) atoms. The Kier molecular flexibility index (Phi) is 5.83. The zero-order valence-corrected chi connectivity index (χ0v) is 18.1. The van der Waals surface area contributed by atoms with Crippen molar-refractivity contribution in [3.63, 3.8) is 0 Å². The second kappa shape index (κ2) is 8.72. The third-order valence-electron chi connectivity index (χ3n) is 5.69. The molecule has 3 aromatic carbocycles. The van der Waals surface area contributed by atoms with Crippen LogP contribution in [0.5, 0.6) is 0 Å². The van der Waals surface area contributed by atoms with E-state index in [1.807, 2.05) is 68.4 Å². The highest BCUT2D eigenvalue weighted by Crippen LogP contribution is 2.38. The summed E-state index contributed by atoms with van der Waals surface area (Å²) in [7, 11) is 0. The van der Waals surface area contributed by atoms with E-state index in [2.05, 4.69) is 5.32 Å². The molecule has 7 nitrogen and oxygen atoms in total. The molecule has 1 saturated heterocycles. The van der Waals surface area contributed by atoms with Crippen molar-refractivity contribution in [3.05, 3.63) is 96.6 Å². The van der Waals surface area contributed by atoms with Crippen molar-refractivity contribution in [2.45, 2.75) is 32.1 Å². The third kappa shape index (κ3) is 4.02. The van der Waals surface area contributed by atoms with Crippen LogP contribution in [-0.2, 0) is 6.54 Å². The quantitative estimate of drug-likeness (QED) is 0.434. The van der Waals surface area contributed by atoms with Crippen LogP contribution in [0, 0.1) is 0 Å². The Morgan fingerprint density at radius 1 is 0.938 bits per heavy atom. The monoisotopic (exact) mass is 430 g/mol. The van der Waals surface area contributed by atoms with Gasteiger partial charge in [-0.1, -0.05) is 66.7 Å². The van der Waals surface area contributed by atoms with Gasteiger partial charge in [0.2, 0.25) is 0 Å². The minimum absolute atomic E-state index is 0.290. The number of urea groups is 2. The van der Waals surface area contributed by atoms with Gasteiger partial charge in [-0.15, -0.1) is 0 Å². The number of nitrogens with zero attached hydrogens (tertiary/aromatic N) is 3. The second-order valence-electron chi connectivity index (χ2n) is 8.23. The zero-order valence-electron chi connectivity index (χ0n) is 18.1. The van der Waals surface area contributed by atoms with E-state index in [1.165, 1.54) is 4.90 Å². The molecule has 1 aliphatic heterocycles. The molecule has 164 valence electrons. The summed E-state index contributed by atoms with van der Waals surface area (Å²) < 4.78 is 0. The Balaban J connectivity index is 1.69. The average Bonchev–Trinajstić information content (AvgIpc) is 3.00. The Bertz CT molecular complexity index is 1070. The van der Waals surface area contributed by atoms with Gasteiger partial charge in [0.15, 0.2) is 6.17 Å². The van der Waals surface area contributed by atoms with Gasteiger partial charge in [-0.05, 0) is 43.7 Å². The van der Waals surface area contributed by atoms with Gasteiger partial charge in [0.25, 0.3) is 0 Å².